The summed E-state index contributed by atoms with van der Waals surface area (Å²) in [5.41, 5.74) is 3.08. The van der Waals surface area contributed by atoms with Gasteiger partial charge in [0, 0.05) is 28.6 Å². The van der Waals surface area contributed by atoms with Gasteiger partial charge in [0.25, 0.3) is 0 Å². The van der Waals surface area contributed by atoms with Gasteiger partial charge >= 0.3 is 0 Å². The molecule has 1 rings (SSSR count). The third kappa shape index (κ3) is 5.86. The Kier molecular flexibility index (Phi) is 8.79. The van der Waals surface area contributed by atoms with Crippen LogP contribution >= 0.6 is 23.5 Å². The van der Waals surface area contributed by atoms with E-state index in [0.717, 1.165) is 11.2 Å². The van der Waals surface area contributed by atoms with Gasteiger partial charge in [0.15, 0.2) is 0 Å². The van der Waals surface area contributed by atoms with Crippen LogP contribution in [0.5, 0.6) is 0 Å². The highest BCUT2D eigenvalue weighted by atomic mass is 32.2. The molecule has 0 aromatic carbocycles. The van der Waals surface area contributed by atoms with Gasteiger partial charge in [0.1, 0.15) is 0 Å². The lowest BCUT2D eigenvalue weighted by Crippen LogP contribution is -2.45. The number of hydrazine groups is 1. The van der Waals surface area contributed by atoms with Crippen LogP contribution in [0.2, 0.25) is 0 Å². The summed E-state index contributed by atoms with van der Waals surface area (Å²) in [7, 11) is 0. The molecule has 3 unspecified atom stereocenters. The van der Waals surface area contributed by atoms with E-state index in [1.165, 1.54) is 49.4 Å². The summed E-state index contributed by atoms with van der Waals surface area (Å²) in [6, 6.07) is 0.509. The van der Waals surface area contributed by atoms with Crippen LogP contribution in [0.4, 0.5) is 0 Å². The molecule has 1 aliphatic heterocycles. The topological polar surface area (TPSA) is 38.0 Å². The summed E-state index contributed by atoms with van der Waals surface area (Å²) in [4.78, 5) is 0. The van der Waals surface area contributed by atoms with Crippen molar-refractivity contribution in [2.75, 3.05) is 17.3 Å². The standard InChI is InChI=1S/C13H28N2S2/c1-3-5-6-11(4-2)9-12(15-14)13-10-16-7-8-17-13/h11-13,15H,3-10,14H2,1-2H3. The largest absolute Gasteiger partial charge is 0.271 e. The summed E-state index contributed by atoms with van der Waals surface area (Å²) in [6.45, 7) is 4.59. The van der Waals surface area contributed by atoms with Crippen LogP contribution < -0.4 is 11.3 Å². The summed E-state index contributed by atoms with van der Waals surface area (Å²) >= 11 is 4.19. The van der Waals surface area contributed by atoms with Gasteiger partial charge in [-0.1, -0.05) is 39.5 Å². The first kappa shape index (κ1) is 15.7. The Labute approximate surface area is 115 Å². The van der Waals surface area contributed by atoms with Gasteiger partial charge in [-0.3, -0.25) is 11.3 Å². The van der Waals surface area contributed by atoms with E-state index in [1.807, 2.05) is 0 Å². The van der Waals surface area contributed by atoms with Gasteiger partial charge in [0.05, 0.1) is 0 Å². The Morgan fingerprint density at radius 3 is 2.71 bits per heavy atom. The molecule has 3 N–H and O–H groups in total. The van der Waals surface area contributed by atoms with Crippen LogP contribution in [0.25, 0.3) is 0 Å². The van der Waals surface area contributed by atoms with E-state index in [-0.39, 0.29) is 0 Å². The SMILES string of the molecule is CCCCC(CC)CC(NN)C1CSCCS1. The molecule has 0 radical (unpaired) electrons. The first-order valence-electron chi connectivity index (χ1n) is 6.97. The Hall–Kier alpha value is 0.620. The van der Waals surface area contributed by atoms with E-state index >= 15 is 0 Å². The van der Waals surface area contributed by atoms with Crippen LogP contribution in [-0.2, 0) is 0 Å². The molecule has 0 aromatic heterocycles. The van der Waals surface area contributed by atoms with Crippen molar-refractivity contribution in [1.29, 1.82) is 0 Å². The number of thioether (sulfide) groups is 2. The summed E-state index contributed by atoms with van der Waals surface area (Å²) < 4.78 is 0. The molecule has 2 nitrogen and oxygen atoms in total. The third-order valence-electron chi connectivity index (χ3n) is 3.64. The zero-order valence-electron chi connectivity index (χ0n) is 11.3. The first-order valence-corrected chi connectivity index (χ1v) is 9.17. The fourth-order valence-corrected chi connectivity index (χ4v) is 5.29. The van der Waals surface area contributed by atoms with Gasteiger partial charge in [0.2, 0.25) is 0 Å². The quantitative estimate of drug-likeness (QED) is 0.527. The maximum absolute atomic E-state index is 5.76. The minimum absolute atomic E-state index is 0.509. The fourth-order valence-electron chi connectivity index (χ4n) is 2.41. The van der Waals surface area contributed by atoms with Gasteiger partial charge < -0.3 is 0 Å². The normalized spacial score (nSPS) is 24.5. The van der Waals surface area contributed by atoms with Crippen molar-refractivity contribution in [3.63, 3.8) is 0 Å². The van der Waals surface area contributed by atoms with Gasteiger partial charge in [-0.25, -0.2) is 0 Å². The number of nitrogens with two attached hydrogens (primary N) is 1. The average molecular weight is 277 g/mol. The molecule has 0 spiro atoms. The predicted octanol–water partition coefficient (Wildman–Crippen LogP) is 3.27. The molecule has 1 saturated heterocycles. The van der Waals surface area contributed by atoms with E-state index in [4.69, 9.17) is 5.84 Å². The molecule has 0 saturated carbocycles. The van der Waals surface area contributed by atoms with Crippen molar-refractivity contribution in [3.05, 3.63) is 0 Å². The van der Waals surface area contributed by atoms with Gasteiger partial charge in [-0.05, 0) is 12.3 Å². The van der Waals surface area contributed by atoms with Gasteiger partial charge in [-0.15, -0.1) is 0 Å². The third-order valence-corrected chi connectivity index (χ3v) is 6.56. The van der Waals surface area contributed by atoms with Crippen molar-refractivity contribution in [2.24, 2.45) is 11.8 Å². The van der Waals surface area contributed by atoms with Crippen LogP contribution in [0.3, 0.4) is 0 Å². The molecule has 0 aromatic rings. The van der Waals surface area contributed by atoms with Crippen molar-refractivity contribution < 1.29 is 0 Å². The molecule has 0 aliphatic carbocycles. The Bertz CT molecular complexity index is 184. The first-order chi connectivity index (χ1) is 8.31. The van der Waals surface area contributed by atoms with Crippen LogP contribution in [-0.4, -0.2) is 28.6 Å². The summed E-state index contributed by atoms with van der Waals surface area (Å²) in [5.74, 6) is 10.5. The monoisotopic (exact) mass is 276 g/mol. The Morgan fingerprint density at radius 1 is 1.35 bits per heavy atom. The highest BCUT2D eigenvalue weighted by Crippen LogP contribution is 2.30. The van der Waals surface area contributed by atoms with E-state index in [2.05, 4.69) is 42.8 Å². The van der Waals surface area contributed by atoms with Gasteiger partial charge in [-0.2, -0.15) is 23.5 Å². The fraction of sp³-hybridized carbons (Fsp3) is 1.00. The van der Waals surface area contributed by atoms with Crippen molar-refractivity contribution in [1.82, 2.24) is 5.43 Å². The molecule has 1 heterocycles. The molecule has 0 bridgehead atoms. The number of nitrogens with one attached hydrogen (secondary N) is 1. The molecule has 0 amide bonds. The van der Waals surface area contributed by atoms with E-state index in [9.17, 15) is 0 Å². The maximum Gasteiger partial charge on any atom is 0.0340 e. The second kappa shape index (κ2) is 9.54. The molecule has 3 atom stereocenters. The Morgan fingerprint density at radius 2 is 2.18 bits per heavy atom. The second-order valence-electron chi connectivity index (χ2n) is 4.91. The second-order valence-corrected chi connectivity index (χ2v) is 7.41. The molecular weight excluding hydrogens is 248 g/mol. The van der Waals surface area contributed by atoms with Crippen molar-refractivity contribution >= 4 is 23.5 Å². The predicted molar refractivity (Wildman–Crippen MR) is 82.6 cm³/mol. The Balaban J connectivity index is 2.36. The zero-order chi connectivity index (χ0) is 12.5. The minimum Gasteiger partial charge on any atom is -0.271 e. The van der Waals surface area contributed by atoms with E-state index in [1.54, 1.807) is 0 Å². The lowest BCUT2D eigenvalue weighted by atomic mass is 9.91. The van der Waals surface area contributed by atoms with Crippen LogP contribution in [0.1, 0.15) is 46.0 Å². The maximum atomic E-state index is 5.76. The minimum atomic E-state index is 0.509. The number of unbranched alkanes of at least 4 members (excludes halogenated alkanes) is 1. The molecule has 4 heteroatoms. The average Bonchev–Trinajstić information content (AvgIpc) is 2.40. The van der Waals surface area contributed by atoms with Crippen LogP contribution in [0.15, 0.2) is 0 Å². The highest BCUT2D eigenvalue weighted by Gasteiger charge is 2.25. The van der Waals surface area contributed by atoms with Crippen molar-refractivity contribution in [3.8, 4) is 0 Å². The summed E-state index contributed by atoms with van der Waals surface area (Å²) in [5, 5.41) is 0.717. The van der Waals surface area contributed by atoms with E-state index in [0.29, 0.717) is 6.04 Å². The summed E-state index contributed by atoms with van der Waals surface area (Å²) in [6.07, 6.45) is 6.59. The number of rotatable bonds is 8. The smallest absolute Gasteiger partial charge is 0.0340 e. The van der Waals surface area contributed by atoms with Crippen molar-refractivity contribution in [2.45, 2.75) is 57.2 Å². The van der Waals surface area contributed by atoms with Crippen LogP contribution in [0, 0.1) is 5.92 Å². The molecular formula is C13H28N2S2. The number of hydrogen-bond donors (Lipinski definition) is 2. The lowest BCUT2D eigenvalue weighted by molar-refractivity contribution is 0.351. The molecule has 17 heavy (non-hydrogen) atoms. The molecule has 1 fully saturated rings. The van der Waals surface area contributed by atoms with E-state index < -0.39 is 0 Å². The molecule has 102 valence electrons. The highest BCUT2D eigenvalue weighted by molar-refractivity contribution is 8.06. The zero-order valence-corrected chi connectivity index (χ0v) is 12.9. The molecule has 1 aliphatic rings. The lowest BCUT2D eigenvalue weighted by Gasteiger charge is -2.31. The number of hydrogen-bond acceptors (Lipinski definition) is 4.